The number of nitrogens with one attached hydrogen (secondary N) is 2. The minimum Gasteiger partial charge on any atom is -0.371 e. The van der Waals surface area contributed by atoms with E-state index >= 15 is 0 Å². The third-order valence-electron chi connectivity index (χ3n) is 5.77. The number of halogens is 1. The van der Waals surface area contributed by atoms with E-state index in [1.807, 2.05) is 12.1 Å². The molecule has 160 valence electrons. The Labute approximate surface area is 182 Å². The molecule has 1 aliphatic heterocycles. The van der Waals surface area contributed by atoms with Gasteiger partial charge in [0.2, 0.25) is 5.95 Å². The third kappa shape index (κ3) is 5.13. The molecule has 2 heterocycles. The molecule has 0 unspecified atom stereocenters. The predicted molar refractivity (Wildman–Crippen MR) is 120 cm³/mol. The lowest BCUT2D eigenvalue weighted by Gasteiger charge is -2.35. The molecule has 1 aliphatic carbocycles. The maximum absolute atomic E-state index is 13.4. The van der Waals surface area contributed by atoms with Gasteiger partial charge in [0.25, 0.3) is 5.91 Å². The molecule has 0 radical (unpaired) electrons. The van der Waals surface area contributed by atoms with E-state index in [0.717, 1.165) is 23.7 Å². The largest absolute Gasteiger partial charge is 0.371 e. The van der Waals surface area contributed by atoms with Gasteiger partial charge in [0, 0.05) is 23.5 Å². The second-order valence-corrected chi connectivity index (χ2v) is 10.3. The first-order valence-electron chi connectivity index (χ1n) is 10.5. The first kappa shape index (κ1) is 21.1. The minimum atomic E-state index is -0.612. The van der Waals surface area contributed by atoms with Crippen LogP contribution in [0.1, 0.15) is 56.8 Å². The number of amides is 1. The van der Waals surface area contributed by atoms with Crippen LogP contribution in [0.25, 0.3) is 0 Å². The van der Waals surface area contributed by atoms with E-state index in [1.54, 1.807) is 18.0 Å². The Balaban J connectivity index is 1.58. The van der Waals surface area contributed by atoms with Crippen molar-refractivity contribution < 1.29 is 9.18 Å². The van der Waals surface area contributed by atoms with Crippen molar-refractivity contribution in [2.24, 2.45) is 5.41 Å². The lowest BCUT2D eigenvalue weighted by molar-refractivity contribution is 0.102. The van der Waals surface area contributed by atoms with Gasteiger partial charge < -0.3 is 10.2 Å². The summed E-state index contributed by atoms with van der Waals surface area (Å²) in [6.07, 6.45) is 5.03. The van der Waals surface area contributed by atoms with Gasteiger partial charge in [-0.25, -0.2) is 4.98 Å². The van der Waals surface area contributed by atoms with Crippen LogP contribution in [0.3, 0.4) is 0 Å². The van der Waals surface area contributed by atoms with E-state index in [-0.39, 0.29) is 17.3 Å². The molecule has 1 amide bonds. The van der Waals surface area contributed by atoms with Crippen LogP contribution in [-0.2, 0) is 0 Å². The number of pyridine rings is 1. The first-order valence-corrected chi connectivity index (χ1v) is 11.3. The highest BCUT2D eigenvalue weighted by atomic mass is 32.2. The standard InChI is InChI=1S/C23H29FN4OS/c1-22(2,3)27-30-16-7-8-17(21(29)26-20-6-4-5-19(24)25-20)18(15-16)28-13-11-23(9-10-23)12-14-28/h4-8,15,27H,9-14H2,1-3H3,(H,25,26,29). The van der Waals surface area contributed by atoms with Crippen LogP contribution in [0.4, 0.5) is 15.9 Å². The summed E-state index contributed by atoms with van der Waals surface area (Å²) in [4.78, 5) is 20.2. The fraction of sp³-hybridized carbons (Fsp3) is 0.478. The molecular formula is C23H29FN4OS. The van der Waals surface area contributed by atoms with Crippen molar-refractivity contribution in [3.63, 3.8) is 0 Å². The normalized spacial score (nSPS) is 17.8. The molecule has 1 aromatic heterocycles. The number of hydrogen-bond donors (Lipinski definition) is 2. The van der Waals surface area contributed by atoms with Crippen molar-refractivity contribution in [1.82, 2.24) is 9.71 Å². The monoisotopic (exact) mass is 428 g/mol. The Morgan fingerprint density at radius 3 is 2.50 bits per heavy atom. The van der Waals surface area contributed by atoms with Crippen LogP contribution < -0.4 is 14.9 Å². The number of nitrogens with zero attached hydrogens (tertiary/aromatic N) is 2. The van der Waals surface area contributed by atoms with Crippen molar-refractivity contribution in [1.29, 1.82) is 0 Å². The molecule has 7 heteroatoms. The fourth-order valence-corrected chi connectivity index (χ4v) is 4.53. The highest BCUT2D eigenvalue weighted by molar-refractivity contribution is 7.97. The lowest BCUT2D eigenvalue weighted by Crippen LogP contribution is -2.35. The van der Waals surface area contributed by atoms with Gasteiger partial charge in [0.05, 0.1) is 11.3 Å². The van der Waals surface area contributed by atoms with E-state index in [2.05, 4.69) is 46.8 Å². The summed E-state index contributed by atoms with van der Waals surface area (Å²) in [7, 11) is 0. The summed E-state index contributed by atoms with van der Waals surface area (Å²) >= 11 is 1.57. The second kappa shape index (κ2) is 8.19. The molecule has 2 aliphatic rings. The molecule has 0 bridgehead atoms. The zero-order valence-electron chi connectivity index (χ0n) is 17.8. The Kier molecular flexibility index (Phi) is 5.77. The zero-order chi connectivity index (χ0) is 21.4. The number of rotatable bonds is 5. The van der Waals surface area contributed by atoms with Crippen molar-refractivity contribution >= 4 is 29.4 Å². The van der Waals surface area contributed by atoms with E-state index < -0.39 is 5.95 Å². The molecule has 2 N–H and O–H groups in total. The molecule has 2 aromatic rings. The van der Waals surface area contributed by atoms with Gasteiger partial charge in [0.1, 0.15) is 5.82 Å². The number of carbonyl (C=O) groups excluding carboxylic acids is 1. The molecule has 0 atom stereocenters. The summed E-state index contributed by atoms with van der Waals surface area (Å²) < 4.78 is 16.9. The van der Waals surface area contributed by atoms with Gasteiger partial charge in [-0.2, -0.15) is 4.39 Å². The quantitative estimate of drug-likeness (QED) is 0.503. The van der Waals surface area contributed by atoms with Gasteiger partial charge in [-0.15, -0.1) is 0 Å². The average Bonchev–Trinajstić information content (AvgIpc) is 3.45. The van der Waals surface area contributed by atoms with Crippen molar-refractivity contribution in [2.75, 3.05) is 23.3 Å². The van der Waals surface area contributed by atoms with Crippen LogP contribution in [0.15, 0.2) is 41.3 Å². The smallest absolute Gasteiger partial charge is 0.258 e. The molecule has 30 heavy (non-hydrogen) atoms. The van der Waals surface area contributed by atoms with E-state index in [4.69, 9.17) is 0 Å². The third-order valence-corrected chi connectivity index (χ3v) is 6.97. The number of hydrogen-bond acceptors (Lipinski definition) is 5. The maximum atomic E-state index is 13.4. The van der Waals surface area contributed by atoms with E-state index in [9.17, 15) is 9.18 Å². The minimum absolute atomic E-state index is 0.0204. The highest BCUT2D eigenvalue weighted by Gasteiger charge is 2.44. The Morgan fingerprint density at radius 1 is 1.13 bits per heavy atom. The highest BCUT2D eigenvalue weighted by Crippen LogP contribution is 2.54. The average molecular weight is 429 g/mol. The second-order valence-electron chi connectivity index (χ2n) is 9.42. The van der Waals surface area contributed by atoms with Crippen LogP contribution in [0, 0.1) is 11.4 Å². The van der Waals surface area contributed by atoms with Gasteiger partial charge in [-0.1, -0.05) is 6.07 Å². The summed E-state index contributed by atoms with van der Waals surface area (Å²) in [6.45, 7) is 8.27. The molecule has 1 aromatic carbocycles. The predicted octanol–water partition coefficient (Wildman–Crippen LogP) is 5.25. The molecule has 1 spiro atoms. The lowest BCUT2D eigenvalue weighted by atomic mass is 9.93. The summed E-state index contributed by atoms with van der Waals surface area (Å²) in [5.41, 5.74) is 2.06. The van der Waals surface area contributed by atoms with Gasteiger partial charge >= 0.3 is 0 Å². The molecule has 5 nitrogen and oxygen atoms in total. The van der Waals surface area contributed by atoms with Crippen molar-refractivity contribution in [2.45, 2.75) is 56.9 Å². The molecular weight excluding hydrogens is 399 g/mol. The number of benzene rings is 1. The van der Waals surface area contributed by atoms with Crippen LogP contribution in [0.2, 0.25) is 0 Å². The number of aromatic nitrogens is 1. The van der Waals surface area contributed by atoms with Gasteiger partial charge in [-0.3, -0.25) is 9.52 Å². The molecule has 4 rings (SSSR count). The Hall–Kier alpha value is -2.12. The Morgan fingerprint density at radius 2 is 1.87 bits per heavy atom. The molecule has 1 saturated carbocycles. The molecule has 1 saturated heterocycles. The fourth-order valence-electron chi connectivity index (χ4n) is 3.80. The van der Waals surface area contributed by atoms with Crippen LogP contribution in [-0.4, -0.2) is 29.5 Å². The molecule has 2 fully saturated rings. The first-order chi connectivity index (χ1) is 14.2. The van der Waals surface area contributed by atoms with Crippen LogP contribution in [0.5, 0.6) is 0 Å². The van der Waals surface area contributed by atoms with Gasteiger partial charge in [0.15, 0.2) is 0 Å². The summed E-state index contributed by atoms with van der Waals surface area (Å²) in [6, 6.07) is 10.3. The van der Waals surface area contributed by atoms with Crippen LogP contribution >= 0.6 is 11.9 Å². The SMILES string of the molecule is CC(C)(C)NSc1ccc(C(=O)Nc2cccc(F)n2)c(N2CCC3(CC2)CC3)c1. The van der Waals surface area contributed by atoms with E-state index in [1.165, 1.54) is 37.8 Å². The topological polar surface area (TPSA) is 57.3 Å². The summed E-state index contributed by atoms with van der Waals surface area (Å²) in [5, 5.41) is 2.74. The van der Waals surface area contributed by atoms with Crippen molar-refractivity contribution in [3.8, 4) is 0 Å². The number of anilines is 2. The zero-order valence-corrected chi connectivity index (χ0v) is 18.6. The van der Waals surface area contributed by atoms with E-state index in [0.29, 0.717) is 11.0 Å². The maximum Gasteiger partial charge on any atom is 0.258 e. The summed E-state index contributed by atoms with van der Waals surface area (Å²) in [5.74, 6) is -0.664. The van der Waals surface area contributed by atoms with Crippen molar-refractivity contribution in [3.05, 3.63) is 47.9 Å². The Bertz CT molecular complexity index is 929. The van der Waals surface area contributed by atoms with Gasteiger partial charge in [-0.05, 0) is 94.1 Å². The number of piperidine rings is 1. The number of carbonyl (C=O) groups is 1.